The summed E-state index contributed by atoms with van der Waals surface area (Å²) in [5.41, 5.74) is 3.20. The molecule has 20 heavy (non-hydrogen) atoms. The summed E-state index contributed by atoms with van der Waals surface area (Å²) < 4.78 is 42.8. The standard InChI is InChI=1S/C12H12F3N3OS/c1-19-8-4-2-3-7(5-8)10(18-16)9-6-17-11(20-9)12(13,14)15/h2-6,10,18H,16H2,1H3. The van der Waals surface area contributed by atoms with Crippen molar-refractivity contribution in [2.24, 2.45) is 5.84 Å². The number of nitrogens with one attached hydrogen (secondary N) is 1. The maximum Gasteiger partial charge on any atom is 0.443 e. The Hall–Kier alpha value is -1.64. The molecule has 8 heteroatoms. The van der Waals surface area contributed by atoms with E-state index in [1.807, 2.05) is 0 Å². The van der Waals surface area contributed by atoms with Crippen LogP contribution in [0.4, 0.5) is 13.2 Å². The van der Waals surface area contributed by atoms with Crippen LogP contribution in [0.5, 0.6) is 5.75 Å². The van der Waals surface area contributed by atoms with Gasteiger partial charge in [0.1, 0.15) is 5.75 Å². The molecule has 0 aliphatic carbocycles. The predicted molar refractivity (Wildman–Crippen MR) is 69.3 cm³/mol. The summed E-state index contributed by atoms with van der Waals surface area (Å²) in [6.45, 7) is 0. The molecule has 1 aromatic carbocycles. The van der Waals surface area contributed by atoms with Crippen LogP contribution in [0.3, 0.4) is 0 Å². The SMILES string of the molecule is COc1cccc(C(NN)c2cnc(C(F)(F)F)s2)c1. The second-order valence-electron chi connectivity index (χ2n) is 3.94. The zero-order valence-electron chi connectivity index (χ0n) is 10.4. The van der Waals surface area contributed by atoms with Crippen LogP contribution in [0.25, 0.3) is 0 Å². The third kappa shape index (κ3) is 3.09. The molecule has 0 aliphatic heterocycles. The molecule has 3 N–H and O–H groups in total. The van der Waals surface area contributed by atoms with E-state index >= 15 is 0 Å². The summed E-state index contributed by atoms with van der Waals surface area (Å²) >= 11 is 0.561. The van der Waals surface area contributed by atoms with Gasteiger partial charge in [-0.15, -0.1) is 11.3 Å². The van der Waals surface area contributed by atoms with Gasteiger partial charge in [0, 0.05) is 11.1 Å². The summed E-state index contributed by atoms with van der Waals surface area (Å²) in [4.78, 5) is 3.77. The van der Waals surface area contributed by atoms with E-state index in [2.05, 4.69) is 10.4 Å². The van der Waals surface area contributed by atoms with Crippen molar-refractivity contribution in [2.45, 2.75) is 12.2 Å². The number of hydrogen-bond acceptors (Lipinski definition) is 5. The van der Waals surface area contributed by atoms with Crippen molar-refractivity contribution in [1.29, 1.82) is 0 Å². The molecule has 2 rings (SSSR count). The van der Waals surface area contributed by atoms with Gasteiger partial charge in [-0.25, -0.2) is 10.4 Å². The Labute approximate surface area is 117 Å². The molecule has 1 unspecified atom stereocenters. The molecule has 1 heterocycles. The van der Waals surface area contributed by atoms with Gasteiger partial charge < -0.3 is 4.74 Å². The van der Waals surface area contributed by atoms with Crippen LogP contribution in [0.2, 0.25) is 0 Å². The number of nitrogens with zero attached hydrogens (tertiary/aromatic N) is 1. The van der Waals surface area contributed by atoms with E-state index in [4.69, 9.17) is 10.6 Å². The molecule has 2 aromatic rings. The van der Waals surface area contributed by atoms with Gasteiger partial charge in [0.25, 0.3) is 0 Å². The highest BCUT2D eigenvalue weighted by atomic mass is 32.1. The van der Waals surface area contributed by atoms with E-state index in [0.29, 0.717) is 27.5 Å². The van der Waals surface area contributed by atoms with E-state index < -0.39 is 17.2 Å². The summed E-state index contributed by atoms with van der Waals surface area (Å²) in [6.07, 6.45) is -3.27. The normalized spacial score (nSPS) is 13.2. The number of alkyl halides is 3. The number of aromatic nitrogens is 1. The maximum atomic E-state index is 12.6. The summed E-state index contributed by atoms with van der Waals surface area (Å²) in [5.74, 6) is 6.05. The van der Waals surface area contributed by atoms with Gasteiger partial charge in [-0.2, -0.15) is 13.2 Å². The molecule has 4 nitrogen and oxygen atoms in total. The van der Waals surface area contributed by atoms with Crippen LogP contribution in [0.1, 0.15) is 21.5 Å². The lowest BCUT2D eigenvalue weighted by atomic mass is 10.1. The highest BCUT2D eigenvalue weighted by molar-refractivity contribution is 7.11. The van der Waals surface area contributed by atoms with Gasteiger partial charge in [0.15, 0.2) is 5.01 Å². The molecule has 0 amide bonds. The molecular formula is C12H12F3N3OS. The molecule has 1 atom stereocenters. The van der Waals surface area contributed by atoms with Crippen molar-refractivity contribution in [3.63, 3.8) is 0 Å². The molecule has 0 aliphatic rings. The third-order valence-corrected chi connectivity index (χ3v) is 3.75. The van der Waals surface area contributed by atoms with Crippen molar-refractivity contribution in [3.8, 4) is 5.75 Å². The van der Waals surface area contributed by atoms with Gasteiger partial charge in [-0.05, 0) is 17.7 Å². The summed E-state index contributed by atoms with van der Waals surface area (Å²) in [5, 5.41) is -0.893. The number of halogens is 3. The Kier molecular flexibility index (Phi) is 4.26. The Morgan fingerprint density at radius 1 is 1.40 bits per heavy atom. The quantitative estimate of drug-likeness (QED) is 0.673. The lowest BCUT2D eigenvalue weighted by Crippen LogP contribution is -2.28. The predicted octanol–water partition coefficient (Wildman–Crippen LogP) is 2.72. The minimum Gasteiger partial charge on any atom is -0.497 e. The second-order valence-corrected chi connectivity index (χ2v) is 5.00. The van der Waals surface area contributed by atoms with Gasteiger partial charge >= 0.3 is 6.18 Å². The number of thiazole rings is 1. The number of nitrogens with two attached hydrogens (primary N) is 1. The number of hydrazine groups is 1. The average Bonchev–Trinajstić information content (AvgIpc) is 2.89. The van der Waals surface area contributed by atoms with Gasteiger partial charge in [-0.1, -0.05) is 12.1 Å². The van der Waals surface area contributed by atoms with E-state index in [1.54, 1.807) is 24.3 Å². The number of rotatable bonds is 4. The molecule has 0 saturated carbocycles. The first-order valence-corrected chi connectivity index (χ1v) is 6.40. The van der Waals surface area contributed by atoms with Crippen molar-refractivity contribution in [1.82, 2.24) is 10.4 Å². The van der Waals surface area contributed by atoms with E-state index in [-0.39, 0.29) is 0 Å². The zero-order valence-corrected chi connectivity index (χ0v) is 11.3. The van der Waals surface area contributed by atoms with Crippen LogP contribution in [-0.4, -0.2) is 12.1 Å². The van der Waals surface area contributed by atoms with Crippen molar-refractivity contribution in [2.75, 3.05) is 7.11 Å². The van der Waals surface area contributed by atoms with Crippen molar-refractivity contribution < 1.29 is 17.9 Å². The lowest BCUT2D eigenvalue weighted by molar-refractivity contribution is -0.137. The zero-order chi connectivity index (χ0) is 14.8. The van der Waals surface area contributed by atoms with Crippen LogP contribution >= 0.6 is 11.3 Å². The second kappa shape index (κ2) is 5.78. The first-order valence-electron chi connectivity index (χ1n) is 5.58. The van der Waals surface area contributed by atoms with Crippen LogP contribution in [0.15, 0.2) is 30.5 Å². The van der Waals surface area contributed by atoms with Crippen LogP contribution in [0, 0.1) is 0 Å². The van der Waals surface area contributed by atoms with Crippen LogP contribution < -0.4 is 16.0 Å². The Bertz CT molecular complexity index is 585. The average molecular weight is 303 g/mol. The molecule has 0 fully saturated rings. The van der Waals surface area contributed by atoms with Crippen LogP contribution in [-0.2, 0) is 6.18 Å². The largest absolute Gasteiger partial charge is 0.497 e. The molecule has 0 radical (unpaired) electrons. The minimum absolute atomic E-state index is 0.382. The molecule has 1 aromatic heterocycles. The van der Waals surface area contributed by atoms with Gasteiger partial charge in [-0.3, -0.25) is 5.84 Å². The topological polar surface area (TPSA) is 60.2 Å². The number of ether oxygens (including phenoxy) is 1. The molecule has 0 bridgehead atoms. The van der Waals surface area contributed by atoms with Gasteiger partial charge in [0.05, 0.1) is 13.2 Å². The Morgan fingerprint density at radius 2 is 2.15 bits per heavy atom. The minimum atomic E-state index is -4.45. The summed E-state index contributed by atoms with van der Waals surface area (Å²) in [6, 6.07) is 6.37. The Balaban J connectivity index is 2.34. The number of hydrogen-bond donors (Lipinski definition) is 2. The van der Waals surface area contributed by atoms with E-state index in [0.717, 1.165) is 0 Å². The van der Waals surface area contributed by atoms with Gasteiger partial charge in [0.2, 0.25) is 0 Å². The number of methoxy groups -OCH3 is 1. The number of benzene rings is 1. The maximum absolute atomic E-state index is 12.6. The molecule has 0 saturated heterocycles. The highest BCUT2D eigenvalue weighted by Gasteiger charge is 2.35. The molecule has 108 valence electrons. The lowest BCUT2D eigenvalue weighted by Gasteiger charge is -2.15. The first-order chi connectivity index (χ1) is 9.45. The first kappa shape index (κ1) is 14.8. The monoisotopic (exact) mass is 303 g/mol. The van der Waals surface area contributed by atoms with Crippen molar-refractivity contribution >= 4 is 11.3 Å². The Morgan fingerprint density at radius 3 is 2.70 bits per heavy atom. The fraction of sp³-hybridized carbons (Fsp3) is 0.250. The van der Waals surface area contributed by atoms with E-state index in [9.17, 15) is 13.2 Å². The highest BCUT2D eigenvalue weighted by Crippen LogP contribution is 2.36. The summed E-state index contributed by atoms with van der Waals surface area (Å²) in [7, 11) is 1.51. The fourth-order valence-corrected chi connectivity index (χ4v) is 2.59. The van der Waals surface area contributed by atoms with Crippen molar-refractivity contribution in [3.05, 3.63) is 45.9 Å². The third-order valence-electron chi connectivity index (χ3n) is 2.64. The smallest absolute Gasteiger partial charge is 0.443 e. The molecular weight excluding hydrogens is 291 g/mol. The van der Waals surface area contributed by atoms with E-state index in [1.165, 1.54) is 13.3 Å². The molecule has 0 spiro atoms. The fourth-order valence-electron chi connectivity index (χ4n) is 1.71.